The number of furan rings is 1. The van der Waals surface area contributed by atoms with Crippen molar-refractivity contribution in [2.24, 2.45) is 0 Å². The molecule has 2 N–H and O–H groups in total. The molecule has 148 valence electrons. The Morgan fingerprint density at radius 1 is 1.14 bits per heavy atom. The molecule has 0 radical (unpaired) electrons. The van der Waals surface area contributed by atoms with Gasteiger partial charge in [-0.05, 0) is 49.5 Å². The second kappa shape index (κ2) is 8.98. The molecule has 0 saturated carbocycles. The van der Waals surface area contributed by atoms with Crippen LogP contribution in [0.5, 0.6) is 5.75 Å². The summed E-state index contributed by atoms with van der Waals surface area (Å²) in [5, 5.41) is 16.7. The maximum absolute atomic E-state index is 12.4. The Bertz CT molecular complexity index is 1060. The van der Waals surface area contributed by atoms with Crippen LogP contribution in [0.15, 0.2) is 65.1 Å². The van der Waals surface area contributed by atoms with Crippen molar-refractivity contribution in [1.29, 1.82) is 0 Å². The quantitative estimate of drug-likeness (QED) is 0.352. The van der Waals surface area contributed by atoms with Crippen LogP contribution in [-0.2, 0) is 0 Å². The van der Waals surface area contributed by atoms with Crippen LogP contribution in [0, 0.1) is 10.1 Å². The largest absolute Gasteiger partial charge is 0.492 e. The zero-order valence-corrected chi connectivity index (χ0v) is 16.2. The Morgan fingerprint density at radius 2 is 1.86 bits per heavy atom. The van der Waals surface area contributed by atoms with Gasteiger partial charge in [-0.1, -0.05) is 24.3 Å². The first kappa shape index (κ1) is 20.0. The van der Waals surface area contributed by atoms with Crippen LogP contribution in [0.1, 0.15) is 17.5 Å². The molecule has 0 unspecified atom stereocenters. The van der Waals surface area contributed by atoms with Crippen LogP contribution < -0.4 is 15.4 Å². The Kier molecular flexibility index (Phi) is 6.20. The SMILES string of the molecule is CCOc1ccccc1NC(=S)NC(=O)c1ccc(-c2ccccc2[N+](=O)[O-])o1. The molecule has 0 spiro atoms. The fourth-order valence-corrected chi connectivity index (χ4v) is 2.82. The number of anilines is 1. The number of para-hydroxylation sites is 3. The minimum Gasteiger partial charge on any atom is -0.492 e. The number of rotatable bonds is 6. The molecule has 1 aromatic heterocycles. The van der Waals surface area contributed by atoms with Crippen molar-refractivity contribution in [3.05, 3.63) is 76.5 Å². The van der Waals surface area contributed by atoms with Gasteiger partial charge in [0.25, 0.3) is 11.6 Å². The van der Waals surface area contributed by atoms with Crippen LogP contribution in [0.3, 0.4) is 0 Å². The minimum atomic E-state index is -0.582. The van der Waals surface area contributed by atoms with E-state index in [-0.39, 0.29) is 27.9 Å². The molecular formula is C20H17N3O5S. The van der Waals surface area contributed by atoms with Crippen molar-refractivity contribution in [2.45, 2.75) is 6.92 Å². The first-order chi connectivity index (χ1) is 14.0. The van der Waals surface area contributed by atoms with E-state index < -0.39 is 10.8 Å². The average Bonchev–Trinajstić information content (AvgIpc) is 3.20. The van der Waals surface area contributed by atoms with E-state index in [2.05, 4.69) is 10.6 Å². The Labute approximate surface area is 171 Å². The molecule has 3 rings (SSSR count). The molecule has 0 bridgehead atoms. The van der Waals surface area contributed by atoms with E-state index >= 15 is 0 Å². The Morgan fingerprint density at radius 3 is 2.62 bits per heavy atom. The van der Waals surface area contributed by atoms with Crippen LogP contribution in [0.4, 0.5) is 11.4 Å². The number of nitrogens with zero attached hydrogens (tertiary/aromatic N) is 1. The zero-order chi connectivity index (χ0) is 20.8. The second-order valence-corrected chi connectivity index (χ2v) is 6.18. The van der Waals surface area contributed by atoms with E-state index in [4.69, 9.17) is 21.4 Å². The van der Waals surface area contributed by atoms with Gasteiger partial charge in [-0.2, -0.15) is 0 Å². The molecule has 8 nitrogen and oxygen atoms in total. The third-order valence-corrected chi connectivity index (χ3v) is 4.06. The van der Waals surface area contributed by atoms with Gasteiger partial charge in [-0.25, -0.2) is 0 Å². The summed E-state index contributed by atoms with van der Waals surface area (Å²) >= 11 is 5.18. The highest BCUT2D eigenvalue weighted by molar-refractivity contribution is 7.80. The predicted molar refractivity (Wildman–Crippen MR) is 112 cm³/mol. The molecule has 0 atom stereocenters. The fraction of sp³-hybridized carbons (Fsp3) is 0.100. The molecule has 0 fully saturated rings. The summed E-state index contributed by atoms with van der Waals surface area (Å²) in [4.78, 5) is 23.1. The second-order valence-electron chi connectivity index (χ2n) is 5.78. The first-order valence-corrected chi connectivity index (χ1v) is 9.08. The van der Waals surface area contributed by atoms with Crippen molar-refractivity contribution in [3.8, 4) is 17.1 Å². The third-order valence-electron chi connectivity index (χ3n) is 3.86. The average molecular weight is 411 g/mol. The lowest BCUT2D eigenvalue weighted by molar-refractivity contribution is -0.384. The van der Waals surface area contributed by atoms with Gasteiger partial charge < -0.3 is 14.5 Å². The van der Waals surface area contributed by atoms with Crippen molar-refractivity contribution < 1.29 is 18.9 Å². The number of nitro benzene ring substituents is 1. The van der Waals surface area contributed by atoms with Crippen molar-refractivity contribution in [2.75, 3.05) is 11.9 Å². The number of carbonyl (C=O) groups is 1. The highest BCUT2D eigenvalue weighted by atomic mass is 32.1. The monoisotopic (exact) mass is 411 g/mol. The molecule has 9 heteroatoms. The van der Waals surface area contributed by atoms with Gasteiger partial charge in [-0.3, -0.25) is 20.2 Å². The van der Waals surface area contributed by atoms with Gasteiger partial charge >= 0.3 is 0 Å². The molecule has 2 aromatic carbocycles. The molecule has 1 heterocycles. The van der Waals surface area contributed by atoms with Crippen molar-refractivity contribution >= 4 is 34.6 Å². The van der Waals surface area contributed by atoms with E-state index in [1.165, 1.54) is 18.2 Å². The van der Waals surface area contributed by atoms with Gasteiger partial charge in [0, 0.05) is 6.07 Å². The van der Waals surface area contributed by atoms with E-state index in [0.717, 1.165) is 0 Å². The number of benzene rings is 2. The van der Waals surface area contributed by atoms with Crippen LogP contribution in [0.2, 0.25) is 0 Å². The highest BCUT2D eigenvalue weighted by Crippen LogP contribution is 2.30. The molecule has 0 aliphatic carbocycles. The van der Waals surface area contributed by atoms with E-state index in [1.54, 1.807) is 36.4 Å². The summed E-state index contributed by atoms with van der Waals surface area (Å²) in [7, 11) is 0. The lowest BCUT2D eigenvalue weighted by Gasteiger charge is -2.13. The zero-order valence-electron chi connectivity index (χ0n) is 15.4. The standard InChI is InChI=1S/C20H17N3O5S/c1-2-27-17-10-6-4-8-14(17)21-20(29)22-19(24)18-12-11-16(28-18)13-7-3-5-9-15(13)23(25)26/h3-12H,2H2,1H3,(H2,21,22,24,29). The summed E-state index contributed by atoms with van der Waals surface area (Å²) in [5.41, 5.74) is 0.779. The summed E-state index contributed by atoms with van der Waals surface area (Å²) in [6.45, 7) is 2.35. The first-order valence-electron chi connectivity index (χ1n) is 8.67. The number of amides is 1. The normalized spacial score (nSPS) is 10.2. The minimum absolute atomic E-state index is 0.0274. The summed E-state index contributed by atoms with van der Waals surface area (Å²) in [5.74, 6) is 0.202. The van der Waals surface area contributed by atoms with Crippen LogP contribution in [-0.4, -0.2) is 22.5 Å². The lowest BCUT2D eigenvalue weighted by Crippen LogP contribution is -2.34. The van der Waals surface area contributed by atoms with E-state index in [1.807, 2.05) is 13.0 Å². The van der Waals surface area contributed by atoms with Gasteiger partial charge in [-0.15, -0.1) is 0 Å². The maximum atomic E-state index is 12.4. The number of nitrogens with one attached hydrogen (secondary N) is 2. The molecule has 29 heavy (non-hydrogen) atoms. The number of hydrogen-bond donors (Lipinski definition) is 2. The topological polar surface area (TPSA) is 107 Å². The molecular weight excluding hydrogens is 394 g/mol. The Balaban J connectivity index is 1.71. The highest BCUT2D eigenvalue weighted by Gasteiger charge is 2.20. The van der Waals surface area contributed by atoms with Gasteiger partial charge in [0.05, 0.1) is 22.8 Å². The van der Waals surface area contributed by atoms with Gasteiger partial charge in [0.1, 0.15) is 11.5 Å². The summed E-state index contributed by atoms with van der Waals surface area (Å²) in [6, 6.07) is 16.2. The molecule has 0 saturated heterocycles. The summed E-state index contributed by atoms with van der Waals surface area (Å²) in [6.07, 6.45) is 0. The number of carbonyl (C=O) groups excluding carboxylic acids is 1. The number of nitro groups is 1. The number of thiocarbonyl (C=S) groups is 1. The third kappa shape index (κ3) is 4.77. The molecule has 0 aliphatic rings. The molecule has 0 aliphatic heterocycles. The molecule has 1 amide bonds. The summed E-state index contributed by atoms with van der Waals surface area (Å²) < 4.78 is 11.0. The van der Waals surface area contributed by atoms with E-state index in [0.29, 0.717) is 18.0 Å². The van der Waals surface area contributed by atoms with Crippen LogP contribution in [0.25, 0.3) is 11.3 Å². The predicted octanol–water partition coefficient (Wildman–Crippen LogP) is 4.38. The maximum Gasteiger partial charge on any atom is 0.293 e. The van der Waals surface area contributed by atoms with Crippen LogP contribution >= 0.6 is 12.2 Å². The van der Waals surface area contributed by atoms with Crippen molar-refractivity contribution in [1.82, 2.24) is 5.32 Å². The van der Waals surface area contributed by atoms with Crippen molar-refractivity contribution in [3.63, 3.8) is 0 Å². The van der Waals surface area contributed by atoms with Gasteiger partial charge in [0.2, 0.25) is 0 Å². The molecule has 3 aromatic rings. The number of ether oxygens (including phenoxy) is 1. The Hall–Kier alpha value is -3.72. The lowest BCUT2D eigenvalue weighted by atomic mass is 10.1. The van der Waals surface area contributed by atoms with Gasteiger partial charge in [0.15, 0.2) is 10.9 Å². The van der Waals surface area contributed by atoms with E-state index in [9.17, 15) is 14.9 Å². The fourth-order valence-electron chi connectivity index (χ4n) is 2.62. The smallest absolute Gasteiger partial charge is 0.293 e. The number of hydrogen-bond acceptors (Lipinski definition) is 6.